The van der Waals surface area contributed by atoms with E-state index in [-0.39, 0.29) is 5.54 Å². The summed E-state index contributed by atoms with van der Waals surface area (Å²) in [5.41, 5.74) is 2.27. The van der Waals surface area contributed by atoms with Crippen molar-refractivity contribution in [3.8, 4) is 5.75 Å². The van der Waals surface area contributed by atoms with E-state index < -0.39 is 13.0 Å². The van der Waals surface area contributed by atoms with Crippen LogP contribution in [0.3, 0.4) is 0 Å². The van der Waals surface area contributed by atoms with Crippen molar-refractivity contribution >= 4 is 0 Å². The van der Waals surface area contributed by atoms with Gasteiger partial charge in [-0.1, -0.05) is 6.07 Å². The van der Waals surface area contributed by atoms with Crippen molar-refractivity contribution in [1.29, 1.82) is 0 Å². The molecular formula is C14H22F2NO+. The summed E-state index contributed by atoms with van der Waals surface area (Å²) in [4.78, 5) is 0. The van der Waals surface area contributed by atoms with Crippen LogP contribution in [-0.2, 0) is 6.54 Å². The van der Waals surface area contributed by atoms with Gasteiger partial charge in [0.1, 0.15) is 18.9 Å². The molecule has 1 rings (SSSR count). The molecule has 0 aromatic heterocycles. The predicted molar refractivity (Wildman–Crippen MR) is 68.1 cm³/mol. The largest absolute Gasteiger partial charge is 0.488 e. The van der Waals surface area contributed by atoms with E-state index in [1.807, 2.05) is 13.0 Å². The molecule has 1 aromatic carbocycles. The summed E-state index contributed by atoms with van der Waals surface area (Å²) in [6, 6.07) is 5.66. The lowest BCUT2D eigenvalue weighted by atomic mass is 10.1. The van der Waals surface area contributed by atoms with E-state index in [9.17, 15) is 8.78 Å². The first-order valence-electron chi connectivity index (χ1n) is 6.12. The Morgan fingerprint density at radius 3 is 2.44 bits per heavy atom. The van der Waals surface area contributed by atoms with Gasteiger partial charge in [-0.3, -0.25) is 0 Å². The van der Waals surface area contributed by atoms with Gasteiger partial charge in [-0.15, -0.1) is 0 Å². The zero-order valence-corrected chi connectivity index (χ0v) is 11.5. The van der Waals surface area contributed by atoms with Crippen LogP contribution in [0, 0.1) is 6.92 Å². The Morgan fingerprint density at radius 1 is 1.22 bits per heavy atom. The van der Waals surface area contributed by atoms with Crippen molar-refractivity contribution in [2.24, 2.45) is 0 Å². The smallest absolute Gasteiger partial charge is 0.272 e. The van der Waals surface area contributed by atoms with Gasteiger partial charge in [-0.25, -0.2) is 8.78 Å². The van der Waals surface area contributed by atoms with Crippen LogP contribution in [-0.4, -0.2) is 18.6 Å². The molecule has 0 aliphatic heterocycles. The van der Waals surface area contributed by atoms with Crippen LogP contribution >= 0.6 is 0 Å². The minimum atomic E-state index is -2.44. The number of nitrogens with two attached hydrogens (primary N) is 1. The maximum Gasteiger partial charge on any atom is 0.272 e. The first kappa shape index (κ1) is 14.9. The molecule has 0 fully saturated rings. The molecule has 102 valence electrons. The SMILES string of the molecule is Cc1cc(C[NH2+]C(C)(C)C)cc(OCC(F)F)c1. The van der Waals surface area contributed by atoms with Gasteiger partial charge in [-0.05, 0) is 45.4 Å². The van der Waals surface area contributed by atoms with Crippen molar-refractivity contribution in [1.82, 2.24) is 0 Å². The summed E-state index contributed by atoms with van der Waals surface area (Å²) >= 11 is 0. The van der Waals surface area contributed by atoms with Gasteiger partial charge >= 0.3 is 0 Å². The molecule has 2 N–H and O–H groups in total. The molecule has 0 bridgehead atoms. The fraction of sp³-hybridized carbons (Fsp3) is 0.571. The highest BCUT2D eigenvalue weighted by molar-refractivity contribution is 5.33. The second kappa shape index (κ2) is 6.14. The van der Waals surface area contributed by atoms with Gasteiger partial charge in [0.05, 0.1) is 5.54 Å². The summed E-state index contributed by atoms with van der Waals surface area (Å²) in [5, 5.41) is 2.21. The van der Waals surface area contributed by atoms with E-state index in [2.05, 4.69) is 32.2 Å². The molecule has 0 atom stereocenters. The number of rotatable bonds is 5. The Kier molecular flexibility index (Phi) is 5.08. The highest BCUT2D eigenvalue weighted by atomic mass is 19.3. The topological polar surface area (TPSA) is 25.8 Å². The lowest BCUT2D eigenvalue weighted by Gasteiger charge is -2.17. The second-order valence-electron chi connectivity index (χ2n) is 5.63. The molecular weight excluding hydrogens is 236 g/mol. The van der Waals surface area contributed by atoms with Crippen molar-refractivity contribution in [2.75, 3.05) is 6.61 Å². The van der Waals surface area contributed by atoms with E-state index >= 15 is 0 Å². The highest BCUT2D eigenvalue weighted by Gasteiger charge is 2.13. The highest BCUT2D eigenvalue weighted by Crippen LogP contribution is 2.17. The monoisotopic (exact) mass is 258 g/mol. The van der Waals surface area contributed by atoms with Crippen LogP contribution in [0.25, 0.3) is 0 Å². The molecule has 0 heterocycles. The maximum absolute atomic E-state index is 12.1. The Bertz CT molecular complexity index is 386. The summed E-state index contributed by atoms with van der Waals surface area (Å²) in [6.07, 6.45) is -2.44. The van der Waals surface area contributed by atoms with Crippen LogP contribution in [0.4, 0.5) is 8.78 Å². The van der Waals surface area contributed by atoms with Crippen molar-refractivity contribution in [3.63, 3.8) is 0 Å². The van der Waals surface area contributed by atoms with Gasteiger partial charge in [0.25, 0.3) is 6.43 Å². The van der Waals surface area contributed by atoms with Gasteiger partial charge in [-0.2, -0.15) is 0 Å². The van der Waals surface area contributed by atoms with Crippen molar-refractivity contribution < 1.29 is 18.8 Å². The molecule has 2 nitrogen and oxygen atoms in total. The molecule has 4 heteroatoms. The molecule has 0 saturated carbocycles. The van der Waals surface area contributed by atoms with Crippen LogP contribution < -0.4 is 10.1 Å². The number of hydrogen-bond donors (Lipinski definition) is 1. The number of ether oxygens (including phenoxy) is 1. The number of alkyl halides is 2. The first-order valence-corrected chi connectivity index (χ1v) is 6.12. The quantitative estimate of drug-likeness (QED) is 0.862. The lowest BCUT2D eigenvalue weighted by Crippen LogP contribution is -2.92. The third kappa shape index (κ3) is 5.96. The van der Waals surface area contributed by atoms with Crippen LogP contribution in [0.2, 0.25) is 0 Å². The molecule has 0 radical (unpaired) electrons. The van der Waals surface area contributed by atoms with Gasteiger partial charge in [0, 0.05) is 5.56 Å². The fourth-order valence-corrected chi connectivity index (χ4v) is 1.61. The zero-order valence-electron chi connectivity index (χ0n) is 11.5. The summed E-state index contributed by atoms with van der Waals surface area (Å²) in [7, 11) is 0. The average Bonchev–Trinajstić information content (AvgIpc) is 2.22. The van der Waals surface area contributed by atoms with Gasteiger partial charge < -0.3 is 10.1 Å². The molecule has 18 heavy (non-hydrogen) atoms. The van der Waals surface area contributed by atoms with Crippen LogP contribution in [0.15, 0.2) is 18.2 Å². The molecule has 1 aromatic rings. The summed E-state index contributed by atoms with van der Waals surface area (Å²) < 4.78 is 29.2. The molecule has 0 saturated heterocycles. The second-order valence-corrected chi connectivity index (χ2v) is 5.63. The molecule has 0 spiro atoms. The minimum absolute atomic E-state index is 0.147. The van der Waals surface area contributed by atoms with E-state index in [4.69, 9.17) is 4.74 Å². The normalized spacial score (nSPS) is 11.9. The Hall–Kier alpha value is -1.16. The first-order chi connectivity index (χ1) is 8.26. The Labute approximate surface area is 107 Å². The molecule has 0 aliphatic rings. The lowest BCUT2D eigenvalue weighted by molar-refractivity contribution is -0.731. The summed E-state index contributed by atoms with van der Waals surface area (Å²) in [6.45, 7) is 8.61. The number of benzene rings is 1. The van der Waals surface area contributed by atoms with Crippen molar-refractivity contribution in [2.45, 2.75) is 46.2 Å². The molecule has 0 aliphatic carbocycles. The summed E-state index contributed by atoms with van der Waals surface area (Å²) in [5.74, 6) is 0.521. The number of aryl methyl sites for hydroxylation is 1. The average molecular weight is 258 g/mol. The number of quaternary nitrogens is 1. The molecule has 0 unspecified atom stereocenters. The molecule has 0 amide bonds. The van der Waals surface area contributed by atoms with Crippen molar-refractivity contribution in [3.05, 3.63) is 29.3 Å². The number of halogens is 2. The number of hydrogen-bond acceptors (Lipinski definition) is 1. The van der Waals surface area contributed by atoms with Crippen LogP contribution in [0.1, 0.15) is 31.9 Å². The Morgan fingerprint density at radius 2 is 1.89 bits per heavy atom. The standard InChI is InChI=1S/C14H21F2NO/c1-10-5-11(8-17-14(2,3)4)7-12(6-10)18-9-13(15)16/h5-7,13,17H,8-9H2,1-4H3/p+1. The van der Waals surface area contributed by atoms with E-state index in [0.29, 0.717) is 5.75 Å². The van der Waals surface area contributed by atoms with Crippen LogP contribution in [0.5, 0.6) is 5.75 Å². The van der Waals surface area contributed by atoms with Gasteiger partial charge in [0.15, 0.2) is 0 Å². The van der Waals surface area contributed by atoms with E-state index in [1.165, 1.54) is 0 Å². The predicted octanol–water partition coefficient (Wildman–Crippen LogP) is 2.50. The fourth-order valence-electron chi connectivity index (χ4n) is 1.61. The Balaban J connectivity index is 2.68. The third-order valence-corrected chi connectivity index (χ3v) is 2.44. The third-order valence-electron chi connectivity index (χ3n) is 2.44. The minimum Gasteiger partial charge on any atom is -0.488 e. The van der Waals surface area contributed by atoms with E-state index in [1.54, 1.807) is 6.07 Å². The maximum atomic E-state index is 12.1. The van der Waals surface area contributed by atoms with Gasteiger partial charge in [0.2, 0.25) is 0 Å². The zero-order chi connectivity index (χ0) is 13.8. The van der Waals surface area contributed by atoms with E-state index in [0.717, 1.165) is 17.7 Å².